The minimum Gasteiger partial charge on any atom is -0.317 e. The van der Waals surface area contributed by atoms with Crippen molar-refractivity contribution in [1.29, 1.82) is 0 Å². The van der Waals surface area contributed by atoms with Gasteiger partial charge in [0.25, 0.3) is 0 Å². The summed E-state index contributed by atoms with van der Waals surface area (Å²) in [6, 6.07) is 2.32. The first kappa shape index (κ1) is 13.5. The van der Waals surface area contributed by atoms with E-state index in [0.29, 0.717) is 0 Å². The Morgan fingerprint density at radius 1 is 1.32 bits per heavy atom. The van der Waals surface area contributed by atoms with Gasteiger partial charge < -0.3 is 5.32 Å². The van der Waals surface area contributed by atoms with Gasteiger partial charge in [0.1, 0.15) is 5.01 Å². The molecule has 0 fully saturated rings. The molecule has 1 N–H and O–H groups in total. The summed E-state index contributed by atoms with van der Waals surface area (Å²) >= 11 is 5.68. The number of aryl methyl sites for hydroxylation is 1. The third kappa shape index (κ3) is 3.18. The summed E-state index contributed by atoms with van der Waals surface area (Å²) in [5.41, 5.74) is 1.51. The van der Waals surface area contributed by atoms with E-state index in [1.165, 1.54) is 22.6 Å². The second kappa shape index (κ2) is 6.35. The molecule has 0 saturated heterocycles. The maximum Gasteiger partial charge on any atom is 0.157 e. The number of nitrogens with zero attached hydrogens (tertiary/aromatic N) is 2. The van der Waals surface area contributed by atoms with E-state index in [2.05, 4.69) is 28.5 Å². The number of rotatable bonds is 5. The predicted octanol–water partition coefficient (Wildman–Crippen LogP) is 3.21. The van der Waals surface area contributed by atoms with Gasteiger partial charge in [0.2, 0.25) is 0 Å². The average molecular weight is 312 g/mol. The molecule has 0 spiro atoms. The second-order valence-electron chi connectivity index (χ2n) is 4.47. The van der Waals surface area contributed by atoms with Crippen LogP contribution in [0, 0.1) is 0 Å². The van der Waals surface area contributed by atoms with Crippen molar-refractivity contribution in [2.45, 2.75) is 25.5 Å². The lowest BCUT2D eigenvalue weighted by Crippen LogP contribution is -2.15. The van der Waals surface area contributed by atoms with Crippen LogP contribution < -0.4 is 5.32 Å². The Kier molecular flexibility index (Phi) is 4.53. The van der Waals surface area contributed by atoms with Gasteiger partial charge in [-0.05, 0) is 30.3 Å². The summed E-state index contributed by atoms with van der Waals surface area (Å²) in [6.45, 7) is 4.13. The molecule has 6 heteroatoms. The van der Waals surface area contributed by atoms with Crippen LogP contribution >= 0.6 is 34.4 Å². The summed E-state index contributed by atoms with van der Waals surface area (Å²) in [5, 5.41) is 14.2. The van der Waals surface area contributed by atoms with Crippen LogP contribution in [0.5, 0.6) is 0 Å². The van der Waals surface area contributed by atoms with Crippen LogP contribution in [0.3, 0.4) is 0 Å². The largest absolute Gasteiger partial charge is 0.317 e. The van der Waals surface area contributed by atoms with E-state index < -0.39 is 0 Å². The van der Waals surface area contributed by atoms with E-state index in [-0.39, 0.29) is 0 Å². The molecule has 3 heterocycles. The number of fused-ring (bicyclic) bond motifs is 1. The minimum absolute atomic E-state index is 0.979. The fourth-order valence-corrected chi connectivity index (χ4v) is 5.33. The van der Waals surface area contributed by atoms with Gasteiger partial charge in [-0.15, -0.1) is 21.5 Å². The van der Waals surface area contributed by atoms with Crippen LogP contribution in [0.25, 0.3) is 9.88 Å². The summed E-state index contributed by atoms with van der Waals surface area (Å²) in [4.78, 5) is 2.86. The normalized spacial score (nSPS) is 14.6. The van der Waals surface area contributed by atoms with Gasteiger partial charge in [-0.2, -0.15) is 11.8 Å². The molecule has 2 aromatic heterocycles. The number of likely N-dealkylation sites (N-methyl/N-ethyl adjacent to an activating group) is 1. The molecule has 0 radical (unpaired) electrons. The van der Waals surface area contributed by atoms with Crippen LogP contribution in [0.4, 0.5) is 0 Å². The quantitative estimate of drug-likeness (QED) is 0.861. The van der Waals surface area contributed by atoms with Crippen molar-refractivity contribution in [3.63, 3.8) is 0 Å². The number of thioether (sulfide) groups is 1. The molecular formula is C13H17N3S3. The molecule has 0 unspecified atom stereocenters. The summed E-state index contributed by atoms with van der Waals surface area (Å²) in [6.07, 6.45) is 2.20. The Labute approximate surface area is 125 Å². The van der Waals surface area contributed by atoms with E-state index in [9.17, 15) is 0 Å². The van der Waals surface area contributed by atoms with E-state index >= 15 is 0 Å². The topological polar surface area (TPSA) is 37.8 Å². The third-order valence-corrected chi connectivity index (χ3v) is 6.47. The van der Waals surface area contributed by atoms with Crippen molar-refractivity contribution in [3.05, 3.63) is 21.5 Å². The zero-order chi connectivity index (χ0) is 13.1. The van der Waals surface area contributed by atoms with Crippen LogP contribution in [0.1, 0.15) is 22.4 Å². The average Bonchev–Trinajstić information content (AvgIpc) is 3.04. The Hall–Kier alpha value is -0.430. The molecule has 1 aliphatic rings. The number of aromatic nitrogens is 2. The van der Waals surface area contributed by atoms with Gasteiger partial charge in [-0.1, -0.05) is 18.3 Å². The summed E-state index contributed by atoms with van der Waals surface area (Å²) in [5.74, 6) is 2.43. The minimum atomic E-state index is 0.979. The Bertz CT molecular complexity index is 524. The van der Waals surface area contributed by atoms with Crippen molar-refractivity contribution in [1.82, 2.24) is 15.5 Å². The van der Waals surface area contributed by atoms with Gasteiger partial charge in [-0.25, -0.2) is 0 Å². The standard InChI is InChI=1S/C13H17N3S3/c1-2-14-5-3-12-15-16-13(19-12)11-7-9-8-17-6-4-10(9)18-11/h7,14H,2-6,8H2,1H3. The monoisotopic (exact) mass is 311 g/mol. The fourth-order valence-electron chi connectivity index (χ4n) is 2.08. The molecule has 0 saturated carbocycles. The lowest BCUT2D eigenvalue weighted by atomic mass is 10.2. The fraction of sp³-hybridized carbons (Fsp3) is 0.538. The first-order valence-corrected chi connectivity index (χ1v) is 9.38. The highest BCUT2D eigenvalue weighted by Crippen LogP contribution is 2.37. The number of nitrogens with one attached hydrogen (secondary N) is 1. The predicted molar refractivity (Wildman–Crippen MR) is 85.3 cm³/mol. The highest BCUT2D eigenvalue weighted by atomic mass is 32.2. The highest BCUT2D eigenvalue weighted by molar-refractivity contribution is 7.98. The van der Waals surface area contributed by atoms with Gasteiger partial charge in [0.15, 0.2) is 5.01 Å². The first-order valence-electron chi connectivity index (χ1n) is 6.59. The van der Waals surface area contributed by atoms with Crippen LogP contribution in [0.15, 0.2) is 6.07 Å². The summed E-state index contributed by atoms with van der Waals surface area (Å²) in [7, 11) is 0. The van der Waals surface area contributed by atoms with E-state index in [4.69, 9.17) is 0 Å². The SMILES string of the molecule is CCNCCc1nnc(-c2cc3c(s2)CCSC3)s1. The Morgan fingerprint density at radius 3 is 3.11 bits per heavy atom. The molecule has 3 nitrogen and oxygen atoms in total. The maximum atomic E-state index is 4.35. The van der Waals surface area contributed by atoms with E-state index in [0.717, 1.165) is 35.3 Å². The highest BCUT2D eigenvalue weighted by Gasteiger charge is 2.16. The van der Waals surface area contributed by atoms with Gasteiger partial charge >= 0.3 is 0 Å². The van der Waals surface area contributed by atoms with E-state index in [1.807, 2.05) is 23.1 Å². The van der Waals surface area contributed by atoms with Crippen molar-refractivity contribution in [2.24, 2.45) is 0 Å². The van der Waals surface area contributed by atoms with Crippen molar-refractivity contribution in [2.75, 3.05) is 18.8 Å². The molecule has 19 heavy (non-hydrogen) atoms. The van der Waals surface area contributed by atoms with Crippen LogP contribution in [-0.4, -0.2) is 29.0 Å². The summed E-state index contributed by atoms with van der Waals surface area (Å²) < 4.78 is 0. The molecule has 3 rings (SSSR count). The molecule has 1 aliphatic heterocycles. The molecule has 2 aromatic rings. The molecule has 0 bridgehead atoms. The molecule has 0 amide bonds. The van der Waals surface area contributed by atoms with Crippen molar-refractivity contribution in [3.8, 4) is 9.88 Å². The number of hydrogen-bond acceptors (Lipinski definition) is 6. The first-order chi connectivity index (χ1) is 9.36. The third-order valence-electron chi connectivity index (χ3n) is 3.07. The van der Waals surface area contributed by atoms with Crippen molar-refractivity contribution >= 4 is 34.4 Å². The van der Waals surface area contributed by atoms with E-state index in [1.54, 1.807) is 16.2 Å². The number of hydrogen-bond donors (Lipinski definition) is 1. The molecular weight excluding hydrogens is 294 g/mol. The molecule has 102 valence electrons. The van der Waals surface area contributed by atoms with Crippen LogP contribution in [-0.2, 0) is 18.6 Å². The zero-order valence-corrected chi connectivity index (χ0v) is 13.4. The second-order valence-corrected chi connectivity index (χ2v) is 7.77. The van der Waals surface area contributed by atoms with Gasteiger partial charge in [0, 0.05) is 23.6 Å². The van der Waals surface area contributed by atoms with Crippen molar-refractivity contribution < 1.29 is 0 Å². The molecule has 0 atom stereocenters. The van der Waals surface area contributed by atoms with Crippen LogP contribution in [0.2, 0.25) is 0 Å². The Balaban J connectivity index is 1.73. The smallest absolute Gasteiger partial charge is 0.157 e. The maximum absolute atomic E-state index is 4.35. The number of thiophene rings is 1. The van der Waals surface area contributed by atoms with Gasteiger partial charge in [-0.3, -0.25) is 0 Å². The molecule has 0 aromatic carbocycles. The molecule has 0 aliphatic carbocycles. The Morgan fingerprint density at radius 2 is 2.26 bits per heavy atom. The zero-order valence-electron chi connectivity index (χ0n) is 10.9. The van der Waals surface area contributed by atoms with Gasteiger partial charge in [0.05, 0.1) is 4.88 Å². The lowest BCUT2D eigenvalue weighted by Gasteiger charge is -2.08. The lowest BCUT2D eigenvalue weighted by molar-refractivity contribution is 0.710.